The Hall–Kier alpha value is -1.59. The van der Waals surface area contributed by atoms with E-state index in [1.165, 1.54) is 0 Å². The van der Waals surface area contributed by atoms with Crippen molar-refractivity contribution in [3.05, 3.63) is 23.4 Å². The SMILES string of the molecule is COc1ccc2nnc(Cl)c(N3CCC(CCN)CC3)c2c1. The van der Waals surface area contributed by atoms with Crippen molar-refractivity contribution in [1.82, 2.24) is 10.2 Å². The number of methoxy groups -OCH3 is 1. The van der Waals surface area contributed by atoms with Crippen molar-refractivity contribution in [3.8, 4) is 5.75 Å². The molecule has 0 aliphatic carbocycles. The summed E-state index contributed by atoms with van der Waals surface area (Å²) in [7, 11) is 1.66. The molecule has 1 aromatic carbocycles. The van der Waals surface area contributed by atoms with Gasteiger partial charge < -0.3 is 15.4 Å². The Morgan fingerprint density at radius 3 is 2.77 bits per heavy atom. The van der Waals surface area contributed by atoms with Crippen LogP contribution in [0, 0.1) is 5.92 Å². The molecule has 0 atom stereocenters. The normalized spacial score (nSPS) is 16.2. The van der Waals surface area contributed by atoms with Gasteiger partial charge >= 0.3 is 0 Å². The lowest BCUT2D eigenvalue weighted by molar-refractivity contribution is 0.386. The second-order valence-corrected chi connectivity index (χ2v) is 6.09. The number of hydrogen-bond donors (Lipinski definition) is 1. The summed E-state index contributed by atoms with van der Waals surface area (Å²) in [6.07, 6.45) is 3.38. The van der Waals surface area contributed by atoms with Crippen LogP contribution in [0.2, 0.25) is 5.15 Å². The fourth-order valence-electron chi connectivity index (χ4n) is 3.16. The van der Waals surface area contributed by atoms with Gasteiger partial charge in [-0.15, -0.1) is 10.2 Å². The summed E-state index contributed by atoms with van der Waals surface area (Å²) in [6, 6.07) is 5.79. The number of aromatic nitrogens is 2. The molecule has 0 radical (unpaired) electrons. The Morgan fingerprint density at radius 1 is 1.32 bits per heavy atom. The third-order valence-corrected chi connectivity index (χ3v) is 4.66. The van der Waals surface area contributed by atoms with Crippen LogP contribution in [0.15, 0.2) is 18.2 Å². The number of anilines is 1. The number of ether oxygens (including phenoxy) is 1. The molecule has 1 saturated heterocycles. The second-order valence-electron chi connectivity index (χ2n) is 5.73. The van der Waals surface area contributed by atoms with Crippen LogP contribution >= 0.6 is 11.6 Å². The first-order valence-electron chi connectivity index (χ1n) is 7.68. The maximum absolute atomic E-state index is 6.35. The molecule has 118 valence electrons. The number of hydrogen-bond acceptors (Lipinski definition) is 5. The Labute approximate surface area is 135 Å². The van der Waals surface area contributed by atoms with E-state index in [0.717, 1.165) is 67.2 Å². The molecule has 0 spiro atoms. The maximum Gasteiger partial charge on any atom is 0.175 e. The molecule has 6 heteroatoms. The molecular formula is C16H21ClN4O. The van der Waals surface area contributed by atoms with Gasteiger partial charge in [-0.3, -0.25) is 0 Å². The Kier molecular flexibility index (Phi) is 4.64. The highest BCUT2D eigenvalue weighted by Gasteiger charge is 2.23. The monoisotopic (exact) mass is 320 g/mol. The third-order valence-electron chi connectivity index (χ3n) is 4.41. The summed E-state index contributed by atoms with van der Waals surface area (Å²) in [6.45, 7) is 2.72. The van der Waals surface area contributed by atoms with Crippen LogP contribution < -0.4 is 15.4 Å². The Morgan fingerprint density at radius 2 is 2.09 bits per heavy atom. The minimum atomic E-state index is 0.457. The predicted molar refractivity (Wildman–Crippen MR) is 89.7 cm³/mol. The zero-order valence-electron chi connectivity index (χ0n) is 12.8. The fraction of sp³-hybridized carbons (Fsp3) is 0.500. The maximum atomic E-state index is 6.35. The van der Waals surface area contributed by atoms with Gasteiger partial charge in [0.1, 0.15) is 5.75 Å². The van der Waals surface area contributed by atoms with Crippen molar-refractivity contribution in [2.45, 2.75) is 19.3 Å². The van der Waals surface area contributed by atoms with Crippen LogP contribution in [0.25, 0.3) is 10.9 Å². The van der Waals surface area contributed by atoms with Crippen LogP contribution in [0.1, 0.15) is 19.3 Å². The van der Waals surface area contributed by atoms with Gasteiger partial charge in [0, 0.05) is 18.5 Å². The number of piperidine rings is 1. The third kappa shape index (κ3) is 2.96. The molecule has 0 unspecified atom stereocenters. The molecule has 0 amide bonds. The van der Waals surface area contributed by atoms with Gasteiger partial charge in [-0.05, 0) is 49.9 Å². The first-order valence-corrected chi connectivity index (χ1v) is 8.05. The Balaban J connectivity index is 1.94. The van der Waals surface area contributed by atoms with Crippen molar-refractivity contribution < 1.29 is 4.74 Å². The van der Waals surface area contributed by atoms with Crippen LogP contribution in [-0.2, 0) is 0 Å². The van der Waals surface area contributed by atoms with Crippen molar-refractivity contribution in [3.63, 3.8) is 0 Å². The van der Waals surface area contributed by atoms with Crippen molar-refractivity contribution in [1.29, 1.82) is 0 Å². The molecule has 5 nitrogen and oxygen atoms in total. The summed E-state index contributed by atoms with van der Waals surface area (Å²) >= 11 is 6.35. The lowest BCUT2D eigenvalue weighted by atomic mass is 9.93. The van der Waals surface area contributed by atoms with E-state index in [4.69, 9.17) is 22.1 Å². The second kappa shape index (κ2) is 6.67. The van der Waals surface area contributed by atoms with E-state index < -0.39 is 0 Å². The zero-order chi connectivity index (χ0) is 15.5. The predicted octanol–water partition coefficient (Wildman–Crippen LogP) is 2.86. The van der Waals surface area contributed by atoms with Gasteiger partial charge in [0.15, 0.2) is 5.15 Å². The smallest absolute Gasteiger partial charge is 0.175 e. The summed E-state index contributed by atoms with van der Waals surface area (Å²) in [5.74, 6) is 1.52. The van der Waals surface area contributed by atoms with Gasteiger partial charge in [0.05, 0.1) is 18.3 Å². The highest BCUT2D eigenvalue weighted by atomic mass is 35.5. The average Bonchev–Trinajstić information content (AvgIpc) is 2.55. The molecular weight excluding hydrogens is 300 g/mol. The summed E-state index contributed by atoms with van der Waals surface area (Å²) < 4.78 is 5.33. The van der Waals surface area contributed by atoms with Crippen molar-refractivity contribution in [2.75, 3.05) is 31.6 Å². The molecule has 0 saturated carbocycles. The molecule has 22 heavy (non-hydrogen) atoms. The molecule has 1 aliphatic heterocycles. The van der Waals surface area contributed by atoms with E-state index in [1.807, 2.05) is 18.2 Å². The number of rotatable bonds is 4. The van der Waals surface area contributed by atoms with Gasteiger partial charge in [0.25, 0.3) is 0 Å². The van der Waals surface area contributed by atoms with Gasteiger partial charge in [-0.2, -0.15) is 0 Å². The molecule has 3 rings (SSSR count). The lowest BCUT2D eigenvalue weighted by Gasteiger charge is -2.34. The topological polar surface area (TPSA) is 64.3 Å². The fourth-order valence-corrected chi connectivity index (χ4v) is 3.42. The minimum Gasteiger partial charge on any atom is -0.497 e. The quantitative estimate of drug-likeness (QED) is 0.938. The first-order chi connectivity index (χ1) is 10.7. The van der Waals surface area contributed by atoms with E-state index in [9.17, 15) is 0 Å². The number of benzene rings is 1. The van der Waals surface area contributed by atoms with Gasteiger partial charge in [-0.25, -0.2) is 0 Å². The van der Waals surface area contributed by atoms with E-state index in [-0.39, 0.29) is 0 Å². The van der Waals surface area contributed by atoms with Crippen molar-refractivity contribution in [2.24, 2.45) is 11.7 Å². The number of fused-ring (bicyclic) bond motifs is 1. The van der Waals surface area contributed by atoms with Crippen LogP contribution in [0.4, 0.5) is 5.69 Å². The molecule has 0 bridgehead atoms. The first kappa shape index (κ1) is 15.3. The summed E-state index contributed by atoms with van der Waals surface area (Å²) in [4.78, 5) is 2.31. The van der Waals surface area contributed by atoms with Crippen LogP contribution in [-0.4, -0.2) is 36.9 Å². The average molecular weight is 321 g/mol. The Bertz CT molecular complexity index is 656. The molecule has 1 aromatic heterocycles. The lowest BCUT2D eigenvalue weighted by Crippen LogP contribution is -2.34. The summed E-state index contributed by atoms with van der Waals surface area (Å²) in [5, 5.41) is 9.73. The van der Waals surface area contributed by atoms with E-state index >= 15 is 0 Å². The highest BCUT2D eigenvalue weighted by Crippen LogP contribution is 2.36. The van der Waals surface area contributed by atoms with Crippen LogP contribution in [0.5, 0.6) is 5.75 Å². The van der Waals surface area contributed by atoms with E-state index in [0.29, 0.717) is 5.15 Å². The number of nitrogens with two attached hydrogens (primary N) is 1. The number of nitrogens with zero attached hydrogens (tertiary/aromatic N) is 3. The molecule has 1 fully saturated rings. The largest absolute Gasteiger partial charge is 0.497 e. The zero-order valence-corrected chi connectivity index (χ0v) is 13.5. The molecule has 2 aromatic rings. The van der Waals surface area contributed by atoms with E-state index in [2.05, 4.69) is 15.1 Å². The standard InChI is InChI=1S/C16H21ClN4O/c1-22-12-2-3-14-13(10-12)15(16(17)20-19-14)21-8-5-11(4-7-18)6-9-21/h2-3,10-11H,4-9,18H2,1H3. The molecule has 1 aliphatic rings. The molecule has 2 N–H and O–H groups in total. The van der Waals surface area contributed by atoms with Crippen LogP contribution in [0.3, 0.4) is 0 Å². The summed E-state index contributed by atoms with van der Waals surface area (Å²) in [5.41, 5.74) is 7.48. The van der Waals surface area contributed by atoms with Gasteiger partial charge in [0.2, 0.25) is 0 Å². The highest BCUT2D eigenvalue weighted by molar-refractivity contribution is 6.33. The van der Waals surface area contributed by atoms with Crippen molar-refractivity contribution >= 4 is 28.2 Å². The number of halogens is 1. The molecule has 2 heterocycles. The van der Waals surface area contributed by atoms with E-state index in [1.54, 1.807) is 7.11 Å². The van der Waals surface area contributed by atoms with Gasteiger partial charge in [-0.1, -0.05) is 11.6 Å². The minimum absolute atomic E-state index is 0.457.